The molecule has 26 heavy (non-hydrogen) atoms. The van der Waals surface area contributed by atoms with Crippen LogP contribution < -0.4 is 5.32 Å². The van der Waals surface area contributed by atoms with E-state index in [4.69, 9.17) is 16.7 Å². The fourth-order valence-corrected chi connectivity index (χ4v) is 2.44. The van der Waals surface area contributed by atoms with E-state index in [1.54, 1.807) is 16.9 Å². The Morgan fingerprint density at radius 3 is 2.46 bits per heavy atom. The predicted octanol–water partition coefficient (Wildman–Crippen LogP) is 2.51. The van der Waals surface area contributed by atoms with Gasteiger partial charge in [0.05, 0.1) is 6.54 Å². The summed E-state index contributed by atoms with van der Waals surface area (Å²) in [5.74, 6) is -0.871. The lowest BCUT2D eigenvalue weighted by atomic mass is 10.2. The SMILES string of the molecule is O=C(CCn1ccc(C(=O)O)n1)Nc1ccn(Cc2ccc(Cl)cc2)n1. The van der Waals surface area contributed by atoms with Gasteiger partial charge in [-0.05, 0) is 23.8 Å². The van der Waals surface area contributed by atoms with Crippen molar-refractivity contribution in [1.29, 1.82) is 0 Å². The number of nitrogens with one attached hydrogen (secondary N) is 1. The smallest absolute Gasteiger partial charge is 0.356 e. The van der Waals surface area contributed by atoms with E-state index in [0.717, 1.165) is 5.56 Å². The van der Waals surface area contributed by atoms with Crippen molar-refractivity contribution in [2.24, 2.45) is 0 Å². The second-order valence-corrected chi connectivity index (χ2v) is 6.03. The highest BCUT2D eigenvalue weighted by Crippen LogP contribution is 2.11. The molecule has 0 saturated heterocycles. The fourth-order valence-electron chi connectivity index (χ4n) is 2.32. The maximum absolute atomic E-state index is 12.0. The minimum Gasteiger partial charge on any atom is -0.476 e. The summed E-state index contributed by atoms with van der Waals surface area (Å²) >= 11 is 5.86. The molecule has 0 spiro atoms. The quantitative estimate of drug-likeness (QED) is 0.662. The van der Waals surface area contributed by atoms with Crippen molar-refractivity contribution in [3.8, 4) is 0 Å². The molecule has 0 aliphatic heterocycles. The molecule has 134 valence electrons. The van der Waals surface area contributed by atoms with Crippen LogP contribution in [0.15, 0.2) is 48.8 Å². The van der Waals surface area contributed by atoms with Crippen LogP contribution in [0.3, 0.4) is 0 Å². The molecule has 0 bridgehead atoms. The van der Waals surface area contributed by atoms with E-state index < -0.39 is 5.97 Å². The number of anilines is 1. The van der Waals surface area contributed by atoms with Gasteiger partial charge in [0.15, 0.2) is 11.5 Å². The number of aromatic nitrogens is 4. The molecule has 0 fully saturated rings. The third-order valence-electron chi connectivity index (χ3n) is 3.59. The van der Waals surface area contributed by atoms with Gasteiger partial charge in [-0.15, -0.1) is 0 Å². The third-order valence-corrected chi connectivity index (χ3v) is 3.85. The first-order valence-electron chi connectivity index (χ1n) is 7.84. The summed E-state index contributed by atoms with van der Waals surface area (Å²) in [6.45, 7) is 0.850. The van der Waals surface area contributed by atoms with Crippen molar-refractivity contribution in [1.82, 2.24) is 19.6 Å². The lowest BCUT2D eigenvalue weighted by molar-refractivity contribution is -0.116. The minimum atomic E-state index is -1.10. The summed E-state index contributed by atoms with van der Waals surface area (Å²) in [5, 5.41) is 20.4. The van der Waals surface area contributed by atoms with Crippen molar-refractivity contribution in [2.45, 2.75) is 19.5 Å². The number of benzene rings is 1. The molecule has 3 rings (SSSR count). The number of carboxylic acids is 1. The molecular formula is C17H16ClN5O3. The lowest BCUT2D eigenvalue weighted by Crippen LogP contribution is -2.15. The maximum Gasteiger partial charge on any atom is 0.356 e. The first-order valence-corrected chi connectivity index (χ1v) is 8.22. The van der Waals surface area contributed by atoms with Crippen LogP contribution in [0.5, 0.6) is 0 Å². The van der Waals surface area contributed by atoms with Crippen LogP contribution in [-0.2, 0) is 17.9 Å². The molecule has 0 unspecified atom stereocenters. The minimum absolute atomic E-state index is 0.0497. The van der Waals surface area contributed by atoms with Crippen molar-refractivity contribution in [3.05, 3.63) is 65.1 Å². The average Bonchev–Trinajstić information content (AvgIpc) is 3.25. The molecule has 3 aromatic rings. The largest absolute Gasteiger partial charge is 0.476 e. The van der Waals surface area contributed by atoms with E-state index >= 15 is 0 Å². The molecular weight excluding hydrogens is 358 g/mol. The van der Waals surface area contributed by atoms with E-state index in [2.05, 4.69) is 15.5 Å². The molecule has 0 aliphatic rings. The third kappa shape index (κ3) is 4.70. The highest BCUT2D eigenvalue weighted by atomic mass is 35.5. The fraction of sp³-hybridized carbons (Fsp3) is 0.176. The van der Waals surface area contributed by atoms with Crippen LogP contribution >= 0.6 is 11.6 Å². The van der Waals surface area contributed by atoms with Crippen LogP contribution in [0.25, 0.3) is 0 Å². The standard InChI is InChI=1S/C17H16ClN5O3/c18-13-3-1-12(2-4-13)11-23-9-6-15(21-23)19-16(24)7-10-22-8-5-14(20-22)17(25)26/h1-6,8-9H,7,10-11H2,(H,25,26)(H,19,21,24). The highest BCUT2D eigenvalue weighted by molar-refractivity contribution is 6.30. The number of halogens is 1. The number of carbonyl (C=O) groups is 2. The number of carboxylic acid groups (broad SMARTS) is 1. The number of nitrogens with zero attached hydrogens (tertiary/aromatic N) is 4. The van der Waals surface area contributed by atoms with E-state index in [0.29, 0.717) is 17.4 Å². The van der Waals surface area contributed by atoms with Crippen LogP contribution in [0.2, 0.25) is 5.02 Å². The van der Waals surface area contributed by atoms with Crippen molar-refractivity contribution >= 4 is 29.3 Å². The molecule has 0 aliphatic carbocycles. The summed E-state index contributed by atoms with van der Waals surface area (Å²) in [4.78, 5) is 22.8. The summed E-state index contributed by atoms with van der Waals surface area (Å²) < 4.78 is 3.13. The Labute approximate surface area is 154 Å². The molecule has 0 atom stereocenters. The van der Waals surface area contributed by atoms with Gasteiger partial charge in [0.1, 0.15) is 0 Å². The second-order valence-electron chi connectivity index (χ2n) is 5.59. The Morgan fingerprint density at radius 1 is 1.04 bits per heavy atom. The molecule has 9 heteroatoms. The monoisotopic (exact) mass is 373 g/mol. The summed E-state index contributed by atoms with van der Waals surface area (Å²) in [5.41, 5.74) is 0.995. The molecule has 0 radical (unpaired) electrons. The van der Waals surface area contributed by atoms with Gasteiger partial charge in [-0.1, -0.05) is 23.7 Å². The number of rotatable bonds is 7. The molecule has 2 aromatic heterocycles. The first-order chi connectivity index (χ1) is 12.5. The second kappa shape index (κ2) is 7.83. The van der Waals surface area contributed by atoms with Gasteiger partial charge in [0.25, 0.3) is 0 Å². The van der Waals surface area contributed by atoms with E-state index in [1.165, 1.54) is 16.9 Å². The van der Waals surface area contributed by atoms with Gasteiger partial charge >= 0.3 is 5.97 Å². The number of hydrogen-bond acceptors (Lipinski definition) is 4. The topological polar surface area (TPSA) is 102 Å². The zero-order chi connectivity index (χ0) is 18.5. The predicted molar refractivity (Wildman–Crippen MR) is 95.2 cm³/mol. The Balaban J connectivity index is 1.50. The summed E-state index contributed by atoms with van der Waals surface area (Å²) in [6, 6.07) is 10.6. The highest BCUT2D eigenvalue weighted by Gasteiger charge is 2.09. The maximum atomic E-state index is 12.0. The Kier molecular flexibility index (Phi) is 5.33. The van der Waals surface area contributed by atoms with Gasteiger partial charge < -0.3 is 10.4 Å². The van der Waals surface area contributed by atoms with Gasteiger partial charge in [-0.25, -0.2) is 4.79 Å². The zero-order valence-corrected chi connectivity index (χ0v) is 14.4. The van der Waals surface area contributed by atoms with Crippen molar-refractivity contribution in [2.75, 3.05) is 5.32 Å². The van der Waals surface area contributed by atoms with Crippen LogP contribution in [0, 0.1) is 0 Å². The average molecular weight is 374 g/mol. The van der Waals surface area contributed by atoms with E-state index in [9.17, 15) is 9.59 Å². The number of hydrogen-bond donors (Lipinski definition) is 2. The molecule has 8 nitrogen and oxygen atoms in total. The Bertz CT molecular complexity index is 917. The van der Waals surface area contributed by atoms with Crippen molar-refractivity contribution < 1.29 is 14.7 Å². The summed E-state index contributed by atoms with van der Waals surface area (Å²) in [6.07, 6.45) is 3.46. The molecule has 0 saturated carbocycles. The Morgan fingerprint density at radius 2 is 1.77 bits per heavy atom. The van der Waals surface area contributed by atoms with Gasteiger partial charge in [0.2, 0.25) is 5.91 Å². The van der Waals surface area contributed by atoms with Crippen molar-refractivity contribution in [3.63, 3.8) is 0 Å². The normalized spacial score (nSPS) is 10.7. The molecule has 2 heterocycles. The number of carbonyl (C=O) groups excluding carboxylic acids is 1. The van der Waals surface area contributed by atoms with Gasteiger partial charge in [-0.2, -0.15) is 10.2 Å². The number of aromatic carboxylic acids is 1. The van der Waals surface area contributed by atoms with Gasteiger partial charge in [0, 0.05) is 36.4 Å². The molecule has 2 N–H and O–H groups in total. The number of aryl methyl sites for hydroxylation is 1. The lowest BCUT2D eigenvalue weighted by Gasteiger charge is -2.04. The number of amides is 1. The Hall–Kier alpha value is -3.13. The van der Waals surface area contributed by atoms with E-state index in [1.807, 2.05) is 24.3 Å². The summed E-state index contributed by atoms with van der Waals surface area (Å²) in [7, 11) is 0. The van der Waals surface area contributed by atoms with Crippen LogP contribution in [-0.4, -0.2) is 36.5 Å². The van der Waals surface area contributed by atoms with Crippen LogP contribution in [0.1, 0.15) is 22.5 Å². The van der Waals surface area contributed by atoms with Gasteiger partial charge in [-0.3, -0.25) is 14.2 Å². The molecule has 1 aromatic carbocycles. The van der Waals surface area contributed by atoms with Crippen LogP contribution in [0.4, 0.5) is 5.82 Å². The van der Waals surface area contributed by atoms with E-state index in [-0.39, 0.29) is 24.6 Å². The first kappa shape index (κ1) is 17.7. The molecule has 1 amide bonds. The zero-order valence-electron chi connectivity index (χ0n) is 13.7.